The molecule has 1 heterocycles. The Balaban J connectivity index is 2.28. The highest BCUT2D eigenvalue weighted by atomic mass is 79.9. The Bertz CT molecular complexity index is 799. The molecule has 0 atom stereocenters. The Kier molecular flexibility index (Phi) is 6.10. The number of hydrogen-bond acceptors (Lipinski definition) is 7. The number of hydrogen-bond donors (Lipinski definition) is 2. The molecular weight excluding hydrogens is 448 g/mol. The van der Waals surface area contributed by atoms with Crippen LogP contribution >= 0.6 is 31.9 Å². The van der Waals surface area contributed by atoms with Crippen molar-refractivity contribution < 1.29 is 14.8 Å². The van der Waals surface area contributed by atoms with Crippen molar-refractivity contribution in [2.24, 2.45) is 5.10 Å². The topological polar surface area (TPSA) is 110 Å². The summed E-state index contributed by atoms with van der Waals surface area (Å²) >= 11 is 6.59. The zero-order valence-electron chi connectivity index (χ0n) is 12.4. The SMILES string of the molecule is CCOc1cc(/C=N\Nc2ncccc2[N+](=O)[O-])c(Br)c(Br)c1O. The summed E-state index contributed by atoms with van der Waals surface area (Å²) in [5.41, 5.74) is 2.94. The molecule has 2 N–H and O–H groups in total. The van der Waals surface area contributed by atoms with Crippen LogP contribution < -0.4 is 10.2 Å². The molecular formula is C14H12Br2N4O4. The van der Waals surface area contributed by atoms with Crippen molar-refractivity contribution in [1.82, 2.24) is 4.98 Å². The number of ether oxygens (including phenoxy) is 1. The maximum Gasteiger partial charge on any atom is 0.313 e. The molecule has 0 spiro atoms. The number of nitro groups is 1. The standard InChI is InChI=1S/C14H12Br2N4O4/c1-2-24-10-6-8(11(15)12(16)13(10)21)7-18-19-14-9(20(22)23)4-3-5-17-14/h3-7,21H,2H2,1H3,(H,17,19)/b18-7-. The molecule has 0 saturated heterocycles. The van der Waals surface area contributed by atoms with E-state index < -0.39 is 4.92 Å². The van der Waals surface area contributed by atoms with Gasteiger partial charge in [0.15, 0.2) is 11.5 Å². The molecule has 1 aromatic heterocycles. The molecule has 0 amide bonds. The predicted molar refractivity (Wildman–Crippen MR) is 96.8 cm³/mol. The highest BCUT2D eigenvalue weighted by Gasteiger charge is 2.15. The number of aromatic nitrogens is 1. The number of halogens is 2. The fraction of sp³-hybridized carbons (Fsp3) is 0.143. The molecule has 0 saturated carbocycles. The van der Waals surface area contributed by atoms with E-state index >= 15 is 0 Å². The zero-order chi connectivity index (χ0) is 17.7. The number of hydrazone groups is 1. The number of benzene rings is 1. The Hall–Kier alpha value is -2.20. The summed E-state index contributed by atoms with van der Waals surface area (Å²) in [7, 11) is 0. The summed E-state index contributed by atoms with van der Waals surface area (Å²) in [6.45, 7) is 2.18. The summed E-state index contributed by atoms with van der Waals surface area (Å²) < 4.78 is 6.32. The van der Waals surface area contributed by atoms with Crippen molar-refractivity contribution in [3.63, 3.8) is 0 Å². The van der Waals surface area contributed by atoms with Crippen molar-refractivity contribution in [3.05, 3.63) is 49.0 Å². The molecule has 0 aliphatic heterocycles. The van der Waals surface area contributed by atoms with Crippen LogP contribution in [-0.4, -0.2) is 27.8 Å². The number of pyridine rings is 1. The first-order valence-corrected chi connectivity index (χ1v) is 8.26. The molecule has 2 rings (SSSR count). The van der Waals surface area contributed by atoms with Crippen molar-refractivity contribution in [3.8, 4) is 11.5 Å². The largest absolute Gasteiger partial charge is 0.503 e. The van der Waals surface area contributed by atoms with Gasteiger partial charge in [0, 0.05) is 22.3 Å². The van der Waals surface area contributed by atoms with Crippen molar-refractivity contribution in [1.29, 1.82) is 0 Å². The van der Waals surface area contributed by atoms with Crippen LogP contribution in [0.3, 0.4) is 0 Å². The second-order valence-corrected chi connectivity index (χ2v) is 5.96. The number of aromatic hydroxyl groups is 1. The van der Waals surface area contributed by atoms with Gasteiger partial charge in [0.2, 0.25) is 5.82 Å². The van der Waals surface area contributed by atoms with E-state index in [1.54, 1.807) is 13.0 Å². The lowest BCUT2D eigenvalue weighted by molar-refractivity contribution is -0.384. The fourth-order valence-electron chi connectivity index (χ4n) is 1.76. The van der Waals surface area contributed by atoms with E-state index in [1.807, 2.05) is 0 Å². The van der Waals surface area contributed by atoms with E-state index in [9.17, 15) is 15.2 Å². The molecule has 0 aliphatic carbocycles. The van der Waals surface area contributed by atoms with E-state index in [0.717, 1.165) is 0 Å². The second-order valence-electron chi connectivity index (χ2n) is 4.37. The smallest absolute Gasteiger partial charge is 0.313 e. The van der Waals surface area contributed by atoms with Crippen LogP contribution in [0.25, 0.3) is 0 Å². The fourth-order valence-corrected chi connectivity index (χ4v) is 2.59. The van der Waals surface area contributed by atoms with Crippen LogP contribution in [0.5, 0.6) is 11.5 Å². The normalized spacial score (nSPS) is 10.8. The molecule has 0 unspecified atom stereocenters. The third-order valence-electron chi connectivity index (χ3n) is 2.83. The molecule has 2 aromatic rings. The average molecular weight is 460 g/mol. The molecule has 0 fully saturated rings. The Labute approximate surface area is 154 Å². The van der Waals surface area contributed by atoms with Gasteiger partial charge >= 0.3 is 5.69 Å². The number of anilines is 1. The van der Waals surface area contributed by atoms with E-state index in [4.69, 9.17) is 4.74 Å². The van der Waals surface area contributed by atoms with Crippen LogP contribution in [0.1, 0.15) is 12.5 Å². The average Bonchev–Trinajstić information content (AvgIpc) is 2.57. The van der Waals surface area contributed by atoms with Crippen LogP contribution in [0.4, 0.5) is 11.5 Å². The number of phenolic OH excluding ortho intramolecular Hbond substituents is 1. The van der Waals surface area contributed by atoms with Crippen LogP contribution in [0.2, 0.25) is 0 Å². The molecule has 24 heavy (non-hydrogen) atoms. The monoisotopic (exact) mass is 458 g/mol. The number of nitrogens with one attached hydrogen (secondary N) is 1. The lowest BCUT2D eigenvalue weighted by Crippen LogP contribution is -2.00. The van der Waals surface area contributed by atoms with Crippen LogP contribution in [-0.2, 0) is 0 Å². The van der Waals surface area contributed by atoms with Gasteiger partial charge in [-0.3, -0.25) is 15.5 Å². The summed E-state index contributed by atoms with van der Waals surface area (Å²) in [5, 5.41) is 24.9. The van der Waals surface area contributed by atoms with Gasteiger partial charge in [0.1, 0.15) is 0 Å². The molecule has 10 heteroatoms. The summed E-state index contributed by atoms with van der Waals surface area (Å²) in [6, 6.07) is 4.38. The van der Waals surface area contributed by atoms with E-state index in [-0.39, 0.29) is 23.0 Å². The molecule has 8 nitrogen and oxygen atoms in total. The molecule has 0 aliphatic rings. The predicted octanol–water partition coefficient (Wildman–Crippen LogP) is 4.07. The number of phenols is 1. The minimum Gasteiger partial charge on any atom is -0.503 e. The van der Waals surface area contributed by atoms with Crippen LogP contribution in [0.15, 0.2) is 38.4 Å². The van der Waals surface area contributed by atoms with Gasteiger partial charge in [-0.1, -0.05) is 0 Å². The second kappa shape index (κ2) is 8.06. The quantitative estimate of drug-likeness (QED) is 0.382. The highest BCUT2D eigenvalue weighted by molar-refractivity contribution is 9.13. The Morgan fingerprint density at radius 2 is 2.25 bits per heavy atom. The molecule has 126 valence electrons. The molecule has 0 bridgehead atoms. The lowest BCUT2D eigenvalue weighted by atomic mass is 10.2. The van der Waals surface area contributed by atoms with Gasteiger partial charge in [0.25, 0.3) is 0 Å². The number of nitrogens with zero attached hydrogens (tertiary/aromatic N) is 3. The first-order valence-electron chi connectivity index (χ1n) is 6.68. The van der Waals surface area contributed by atoms with Gasteiger partial charge < -0.3 is 9.84 Å². The Morgan fingerprint density at radius 1 is 1.50 bits per heavy atom. The minimum atomic E-state index is -0.550. The van der Waals surface area contributed by atoms with Gasteiger partial charge in [-0.2, -0.15) is 5.10 Å². The first-order chi connectivity index (χ1) is 11.5. The lowest BCUT2D eigenvalue weighted by Gasteiger charge is -2.10. The molecule has 0 radical (unpaired) electrons. The molecule has 1 aromatic carbocycles. The van der Waals surface area contributed by atoms with E-state index in [1.165, 1.54) is 24.5 Å². The van der Waals surface area contributed by atoms with Crippen molar-refractivity contribution in [2.75, 3.05) is 12.0 Å². The maximum absolute atomic E-state index is 10.9. The summed E-state index contributed by atoms with van der Waals surface area (Å²) in [5.74, 6) is 0.282. The van der Waals surface area contributed by atoms with E-state index in [0.29, 0.717) is 21.1 Å². The van der Waals surface area contributed by atoms with E-state index in [2.05, 4.69) is 47.4 Å². The van der Waals surface area contributed by atoms with Gasteiger partial charge in [-0.05, 0) is 50.9 Å². The van der Waals surface area contributed by atoms with Gasteiger partial charge in [0.05, 0.1) is 22.2 Å². The Morgan fingerprint density at radius 3 is 2.92 bits per heavy atom. The third-order valence-corrected chi connectivity index (χ3v) is 4.99. The van der Waals surface area contributed by atoms with Crippen molar-refractivity contribution >= 4 is 49.6 Å². The summed E-state index contributed by atoms with van der Waals surface area (Å²) in [6.07, 6.45) is 2.85. The van der Waals surface area contributed by atoms with Gasteiger partial charge in [-0.15, -0.1) is 0 Å². The maximum atomic E-state index is 10.9. The minimum absolute atomic E-state index is 0.0257. The first kappa shape index (κ1) is 18.1. The van der Waals surface area contributed by atoms with Crippen molar-refractivity contribution in [2.45, 2.75) is 6.92 Å². The number of rotatable bonds is 6. The third kappa shape index (κ3) is 4.01. The summed E-state index contributed by atoms with van der Waals surface area (Å²) in [4.78, 5) is 14.3. The highest BCUT2D eigenvalue weighted by Crippen LogP contribution is 2.41. The zero-order valence-corrected chi connectivity index (χ0v) is 15.5. The van der Waals surface area contributed by atoms with Crippen LogP contribution in [0, 0.1) is 10.1 Å². The van der Waals surface area contributed by atoms with Gasteiger partial charge in [-0.25, -0.2) is 4.98 Å².